The quantitative estimate of drug-likeness (QED) is 0.444. The van der Waals surface area contributed by atoms with Crippen LogP contribution in [0.4, 0.5) is 35.3 Å². The maximum absolute atomic E-state index is 13.5. The molecule has 3 aromatic rings. The van der Waals surface area contributed by atoms with E-state index in [1.165, 1.54) is 29.3 Å². The summed E-state index contributed by atoms with van der Waals surface area (Å²) in [5.74, 6) is 0.905. The molecule has 2 bridgehead atoms. The molecular weight excluding hydrogens is 505 g/mol. The van der Waals surface area contributed by atoms with Crippen LogP contribution in [0.2, 0.25) is 0 Å². The molecule has 13 heteroatoms. The van der Waals surface area contributed by atoms with E-state index in [0.29, 0.717) is 23.8 Å². The zero-order valence-electron chi connectivity index (χ0n) is 20.1. The van der Waals surface area contributed by atoms with Crippen LogP contribution in [0.1, 0.15) is 18.4 Å². The van der Waals surface area contributed by atoms with Crippen molar-refractivity contribution in [3.8, 4) is 17.1 Å². The van der Waals surface area contributed by atoms with E-state index < -0.39 is 30.5 Å². The summed E-state index contributed by atoms with van der Waals surface area (Å²) in [6.07, 6.45) is -1.03. The molecule has 0 aliphatic carbocycles. The van der Waals surface area contributed by atoms with Crippen LogP contribution in [0.3, 0.4) is 0 Å². The molecule has 38 heavy (non-hydrogen) atoms. The first-order chi connectivity index (χ1) is 18.2. The topological polar surface area (TPSA) is 124 Å². The van der Waals surface area contributed by atoms with E-state index in [1.54, 1.807) is 12.3 Å². The van der Waals surface area contributed by atoms with Crippen molar-refractivity contribution >= 4 is 23.4 Å². The first-order valence-corrected chi connectivity index (χ1v) is 12.0. The highest BCUT2D eigenvalue weighted by atomic mass is 19.4. The molecule has 4 heterocycles. The second-order valence-electron chi connectivity index (χ2n) is 9.05. The van der Waals surface area contributed by atoms with Gasteiger partial charge in [0.05, 0.1) is 30.1 Å². The summed E-state index contributed by atoms with van der Waals surface area (Å²) in [4.78, 5) is 30.1. The van der Waals surface area contributed by atoms with Crippen LogP contribution in [-0.4, -0.2) is 69.6 Å². The number of nitrogens with one attached hydrogen (secondary N) is 1. The van der Waals surface area contributed by atoms with Crippen LogP contribution in [0.15, 0.2) is 48.8 Å². The number of anilines is 3. The molecule has 1 aromatic carbocycles. The lowest BCUT2D eigenvalue weighted by Gasteiger charge is -2.45. The number of ether oxygens (including phenoxy) is 1. The number of hydrogen-bond donors (Lipinski definition) is 3. The zero-order valence-corrected chi connectivity index (χ0v) is 20.1. The van der Waals surface area contributed by atoms with E-state index in [2.05, 4.69) is 25.2 Å². The van der Waals surface area contributed by atoms with Gasteiger partial charge in [0.15, 0.2) is 11.6 Å². The van der Waals surface area contributed by atoms with Crippen molar-refractivity contribution < 1.29 is 32.9 Å². The SMILES string of the molecule is O=C(Nc1cc(OCC(O)CO)ccn1)N1c2nc(-c3cccc(C(F)(F)F)c3)ncc2N2CCC[C@H]1C2. The number of benzene rings is 1. The molecule has 1 unspecified atom stereocenters. The fraction of sp³-hybridized carbons (Fsp3) is 0.360. The van der Waals surface area contributed by atoms with E-state index in [9.17, 15) is 23.1 Å². The third-order valence-electron chi connectivity index (χ3n) is 6.37. The Hall–Kier alpha value is -3.97. The average Bonchev–Trinajstić information content (AvgIpc) is 2.91. The van der Waals surface area contributed by atoms with E-state index in [1.807, 2.05) is 0 Å². The molecule has 2 aliphatic rings. The minimum atomic E-state index is -4.51. The number of alkyl halides is 3. The number of hydrogen-bond acceptors (Lipinski definition) is 8. The summed E-state index contributed by atoms with van der Waals surface area (Å²) in [6.45, 7) is 0.737. The molecule has 3 N–H and O–H groups in total. The van der Waals surface area contributed by atoms with Gasteiger partial charge in [-0.15, -0.1) is 0 Å². The summed E-state index contributed by atoms with van der Waals surface area (Å²) < 4.78 is 45.2. The Kier molecular flexibility index (Phi) is 7.04. The highest BCUT2D eigenvalue weighted by molar-refractivity contribution is 6.04. The van der Waals surface area contributed by atoms with Crippen molar-refractivity contribution in [1.29, 1.82) is 0 Å². The van der Waals surface area contributed by atoms with Crippen LogP contribution in [0.5, 0.6) is 5.75 Å². The molecule has 10 nitrogen and oxygen atoms in total. The summed E-state index contributed by atoms with van der Waals surface area (Å²) in [7, 11) is 0. The number of aliphatic hydroxyl groups excluding tert-OH is 2. The van der Waals surface area contributed by atoms with Gasteiger partial charge in [-0.05, 0) is 31.0 Å². The number of amides is 2. The number of carbonyl (C=O) groups is 1. The van der Waals surface area contributed by atoms with Gasteiger partial charge in [0.1, 0.15) is 24.3 Å². The molecular formula is C25H25F3N6O4. The molecule has 2 aromatic heterocycles. The third kappa shape index (κ3) is 5.34. The smallest absolute Gasteiger partial charge is 0.416 e. The maximum Gasteiger partial charge on any atom is 0.416 e. The van der Waals surface area contributed by atoms with E-state index in [0.717, 1.165) is 31.5 Å². The Morgan fingerprint density at radius 1 is 1.24 bits per heavy atom. The summed E-state index contributed by atoms with van der Waals surface area (Å²) in [6, 6.07) is 7.06. The Morgan fingerprint density at radius 3 is 2.87 bits per heavy atom. The number of fused-ring (bicyclic) bond motifs is 4. The maximum atomic E-state index is 13.5. The Balaban J connectivity index is 1.44. The molecule has 1 fully saturated rings. The number of piperidine rings is 1. The lowest BCUT2D eigenvalue weighted by molar-refractivity contribution is -0.137. The van der Waals surface area contributed by atoms with Gasteiger partial charge in [0.25, 0.3) is 0 Å². The fourth-order valence-corrected chi connectivity index (χ4v) is 4.54. The van der Waals surface area contributed by atoms with Crippen molar-refractivity contribution in [1.82, 2.24) is 15.0 Å². The first-order valence-electron chi connectivity index (χ1n) is 12.0. The van der Waals surface area contributed by atoms with Crippen LogP contribution < -0.4 is 19.9 Å². The Morgan fingerprint density at radius 2 is 2.08 bits per heavy atom. The Bertz CT molecular complexity index is 1320. The van der Waals surface area contributed by atoms with Gasteiger partial charge in [0.2, 0.25) is 0 Å². The predicted octanol–water partition coefficient (Wildman–Crippen LogP) is 3.31. The second-order valence-corrected chi connectivity index (χ2v) is 9.05. The number of pyridine rings is 1. The minimum Gasteiger partial charge on any atom is -0.491 e. The van der Waals surface area contributed by atoms with E-state index in [-0.39, 0.29) is 29.9 Å². The van der Waals surface area contributed by atoms with Gasteiger partial charge >= 0.3 is 12.2 Å². The largest absolute Gasteiger partial charge is 0.491 e. The van der Waals surface area contributed by atoms with Gasteiger partial charge in [-0.25, -0.2) is 19.7 Å². The van der Waals surface area contributed by atoms with Crippen LogP contribution in [0, 0.1) is 0 Å². The van der Waals surface area contributed by atoms with Crippen molar-refractivity contribution in [2.45, 2.75) is 31.2 Å². The molecule has 0 spiro atoms. The number of urea groups is 1. The van der Waals surface area contributed by atoms with Crippen molar-refractivity contribution in [2.24, 2.45) is 0 Å². The molecule has 5 rings (SSSR count). The lowest BCUT2D eigenvalue weighted by atomic mass is 10.0. The standard InChI is InChI=1S/C25H25F3N6O4/c26-25(27,28)16-4-1-3-15(9-16)22-30-11-20-23(32-22)34(17-5-2-8-33(20)12-17)24(37)31-21-10-19(6-7-29-21)38-14-18(36)13-35/h1,3-4,6-7,9-11,17-18,35-36H,2,5,8,12-14H2,(H,29,31,37)/t17-,18?/m0/s1. The van der Waals surface area contributed by atoms with Gasteiger partial charge in [-0.2, -0.15) is 13.2 Å². The molecule has 2 amide bonds. The molecule has 200 valence electrons. The zero-order chi connectivity index (χ0) is 26.9. The fourth-order valence-electron chi connectivity index (χ4n) is 4.54. The summed E-state index contributed by atoms with van der Waals surface area (Å²) in [5.41, 5.74) is -0.00798. The van der Waals surface area contributed by atoms with Gasteiger partial charge in [-0.3, -0.25) is 10.2 Å². The molecule has 1 saturated heterocycles. The van der Waals surface area contributed by atoms with Crippen molar-refractivity contribution in [2.75, 3.05) is 41.4 Å². The molecule has 2 aliphatic heterocycles. The van der Waals surface area contributed by atoms with Gasteiger partial charge in [-0.1, -0.05) is 12.1 Å². The van der Waals surface area contributed by atoms with Gasteiger partial charge in [0, 0.05) is 30.9 Å². The van der Waals surface area contributed by atoms with E-state index >= 15 is 0 Å². The highest BCUT2D eigenvalue weighted by Gasteiger charge is 2.39. The predicted molar refractivity (Wildman–Crippen MR) is 132 cm³/mol. The van der Waals surface area contributed by atoms with Crippen LogP contribution in [-0.2, 0) is 6.18 Å². The molecule has 0 radical (unpaired) electrons. The van der Waals surface area contributed by atoms with Crippen LogP contribution in [0.25, 0.3) is 11.4 Å². The number of aromatic nitrogens is 3. The summed E-state index contributed by atoms with van der Waals surface area (Å²) in [5, 5.41) is 21.2. The van der Waals surface area contributed by atoms with E-state index in [4.69, 9.17) is 9.84 Å². The number of rotatable bonds is 6. The van der Waals surface area contributed by atoms with Crippen molar-refractivity contribution in [3.05, 3.63) is 54.4 Å². The third-order valence-corrected chi connectivity index (χ3v) is 6.37. The molecule has 2 atom stereocenters. The number of nitrogens with zero attached hydrogens (tertiary/aromatic N) is 5. The number of carbonyl (C=O) groups excluding carboxylic acids is 1. The number of halogens is 3. The second kappa shape index (κ2) is 10.4. The molecule has 0 saturated carbocycles. The minimum absolute atomic E-state index is 0.0739. The van der Waals surface area contributed by atoms with Crippen molar-refractivity contribution in [3.63, 3.8) is 0 Å². The Labute approximate surface area is 215 Å². The lowest BCUT2D eigenvalue weighted by Crippen LogP contribution is -2.56. The van der Waals surface area contributed by atoms with Crippen LogP contribution >= 0.6 is 0 Å². The van der Waals surface area contributed by atoms with Gasteiger partial charge < -0.3 is 19.8 Å². The first kappa shape index (κ1) is 25.7. The average molecular weight is 531 g/mol. The number of aliphatic hydroxyl groups is 2. The highest BCUT2D eigenvalue weighted by Crippen LogP contribution is 2.39. The monoisotopic (exact) mass is 530 g/mol. The normalized spacial score (nSPS) is 17.6. The summed E-state index contributed by atoms with van der Waals surface area (Å²) >= 11 is 0.